The lowest BCUT2D eigenvalue weighted by Gasteiger charge is -2.16. The van der Waals surface area contributed by atoms with E-state index in [9.17, 15) is 13.2 Å². The van der Waals surface area contributed by atoms with Crippen LogP contribution in [0.25, 0.3) is 0 Å². The summed E-state index contributed by atoms with van der Waals surface area (Å²) >= 11 is 0. The average Bonchev–Trinajstić information content (AvgIpc) is 2.60. The maximum absolute atomic E-state index is 11.8. The van der Waals surface area contributed by atoms with E-state index in [2.05, 4.69) is 5.16 Å². The zero-order chi connectivity index (χ0) is 13.9. The van der Waals surface area contributed by atoms with Crippen LogP contribution in [0, 0.1) is 13.8 Å². The molecule has 1 heterocycles. The quantitative estimate of drug-likeness (QED) is 0.789. The molecular weight excluding hydrogens is 256 g/mol. The highest BCUT2D eigenvalue weighted by molar-refractivity contribution is 7.92. The van der Waals surface area contributed by atoms with Crippen LogP contribution in [0.4, 0.5) is 0 Å². The number of rotatable bonds is 5. The largest absolute Gasteiger partial charge is 0.361 e. The first-order valence-electron chi connectivity index (χ1n) is 5.63. The number of aryl methyl sites for hydroxylation is 2. The summed E-state index contributed by atoms with van der Waals surface area (Å²) in [4.78, 5) is 13.1. The van der Waals surface area contributed by atoms with Crippen molar-refractivity contribution in [1.82, 2.24) is 10.1 Å². The molecule has 102 valence electrons. The number of sulfone groups is 1. The molecule has 1 amide bonds. The van der Waals surface area contributed by atoms with Gasteiger partial charge in [-0.15, -0.1) is 0 Å². The molecule has 0 atom stereocenters. The number of amides is 1. The Kier molecular flexibility index (Phi) is 4.50. The summed E-state index contributed by atoms with van der Waals surface area (Å²) in [6.07, 6.45) is 0. The van der Waals surface area contributed by atoms with Crippen molar-refractivity contribution in [2.75, 3.05) is 18.6 Å². The van der Waals surface area contributed by atoms with Crippen molar-refractivity contribution in [3.63, 3.8) is 0 Å². The fourth-order valence-electron chi connectivity index (χ4n) is 1.45. The van der Waals surface area contributed by atoms with Gasteiger partial charge in [0.05, 0.1) is 12.2 Å². The third-order valence-corrected chi connectivity index (χ3v) is 4.35. The molecule has 0 N–H and O–H groups in total. The van der Waals surface area contributed by atoms with Gasteiger partial charge in [0.25, 0.3) is 0 Å². The van der Waals surface area contributed by atoms with Crippen LogP contribution in [0.15, 0.2) is 4.52 Å². The molecule has 0 unspecified atom stereocenters. The topological polar surface area (TPSA) is 80.5 Å². The van der Waals surface area contributed by atoms with Crippen LogP contribution in [0.3, 0.4) is 0 Å². The summed E-state index contributed by atoms with van der Waals surface area (Å²) in [6, 6.07) is 0. The second-order valence-corrected chi connectivity index (χ2v) is 6.58. The highest BCUT2D eigenvalue weighted by Crippen LogP contribution is 2.14. The van der Waals surface area contributed by atoms with Crippen LogP contribution in [-0.2, 0) is 21.2 Å². The Morgan fingerprint density at radius 3 is 2.44 bits per heavy atom. The van der Waals surface area contributed by atoms with Crippen LogP contribution in [0.1, 0.15) is 23.9 Å². The van der Waals surface area contributed by atoms with Crippen LogP contribution >= 0.6 is 0 Å². The molecule has 0 radical (unpaired) electrons. The maximum Gasteiger partial charge on any atom is 0.237 e. The predicted molar refractivity (Wildman–Crippen MR) is 66.8 cm³/mol. The lowest BCUT2D eigenvalue weighted by Crippen LogP contribution is -2.32. The van der Waals surface area contributed by atoms with E-state index in [-0.39, 0.29) is 5.75 Å². The van der Waals surface area contributed by atoms with Gasteiger partial charge in [-0.1, -0.05) is 12.1 Å². The van der Waals surface area contributed by atoms with E-state index in [1.54, 1.807) is 20.9 Å². The lowest BCUT2D eigenvalue weighted by molar-refractivity contribution is -0.127. The zero-order valence-electron chi connectivity index (χ0n) is 11.1. The first-order valence-corrected chi connectivity index (χ1v) is 7.45. The Morgan fingerprint density at radius 1 is 1.39 bits per heavy atom. The van der Waals surface area contributed by atoms with Gasteiger partial charge >= 0.3 is 0 Å². The maximum atomic E-state index is 11.8. The summed E-state index contributed by atoms with van der Waals surface area (Å²) in [5, 5.41) is 3.79. The van der Waals surface area contributed by atoms with Crippen molar-refractivity contribution < 1.29 is 17.7 Å². The van der Waals surface area contributed by atoms with E-state index < -0.39 is 21.5 Å². The van der Waals surface area contributed by atoms with Crippen LogP contribution in [-0.4, -0.2) is 42.9 Å². The molecule has 0 aliphatic carbocycles. The molecule has 0 fully saturated rings. The van der Waals surface area contributed by atoms with Crippen LogP contribution < -0.4 is 0 Å². The smallest absolute Gasteiger partial charge is 0.237 e. The second kappa shape index (κ2) is 5.51. The van der Waals surface area contributed by atoms with Gasteiger partial charge in [-0.2, -0.15) is 0 Å². The molecule has 0 aliphatic heterocycles. The van der Waals surface area contributed by atoms with Crippen molar-refractivity contribution in [3.8, 4) is 0 Å². The SMILES string of the molecule is CCS(=O)(=O)CC(=O)N(C)Cc1c(C)noc1C. The Balaban J connectivity index is 2.72. The molecule has 0 saturated heterocycles. The first kappa shape index (κ1) is 14.7. The Labute approximate surface area is 107 Å². The minimum atomic E-state index is -3.29. The number of hydrogen-bond acceptors (Lipinski definition) is 5. The summed E-state index contributed by atoms with van der Waals surface area (Å²) in [7, 11) is -1.72. The lowest BCUT2D eigenvalue weighted by atomic mass is 10.2. The van der Waals surface area contributed by atoms with E-state index in [4.69, 9.17) is 4.52 Å². The molecule has 0 saturated carbocycles. The van der Waals surface area contributed by atoms with Crippen molar-refractivity contribution in [2.24, 2.45) is 0 Å². The Hall–Kier alpha value is -1.37. The van der Waals surface area contributed by atoms with Gasteiger partial charge in [0.1, 0.15) is 11.5 Å². The number of carbonyl (C=O) groups is 1. The van der Waals surface area contributed by atoms with Crippen molar-refractivity contribution in [2.45, 2.75) is 27.3 Å². The van der Waals surface area contributed by atoms with Gasteiger partial charge in [-0.25, -0.2) is 8.42 Å². The van der Waals surface area contributed by atoms with E-state index in [0.717, 1.165) is 5.56 Å². The number of hydrogen-bond donors (Lipinski definition) is 0. The monoisotopic (exact) mass is 274 g/mol. The molecule has 6 nitrogen and oxygen atoms in total. The summed E-state index contributed by atoms with van der Waals surface area (Å²) in [5.74, 6) is -0.260. The van der Waals surface area contributed by atoms with E-state index in [1.165, 1.54) is 11.8 Å². The van der Waals surface area contributed by atoms with Gasteiger partial charge in [-0.3, -0.25) is 4.79 Å². The fourth-order valence-corrected chi connectivity index (χ4v) is 2.25. The molecule has 0 bridgehead atoms. The molecule has 7 heteroatoms. The number of aromatic nitrogens is 1. The summed E-state index contributed by atoms with van der Waals surface area (Å²) in [6.45, 7) is 5.37. The molecule has 1 rings (SSSR count). The minimum absolute atomic E-state index is 0.0299. The van der Waals surface area contributed by atoms with Gasteiger partial charge in [0.2, 0.25) is 5.91 Å². The fraction of sp³-hybridized carbons (Fsp3) is 0.636. The van der Waals surface area contributed by atoms with E-state index in [1.807, 2.05) is 0 Å². The third-order valence-electron chi connectivity index (χ3n) is 2.79. The van der Waals surface area contributed by atoms with Crippen molar-refractivity contribution in [1.29, 1.82) is 0 Å². The predicted octanol–water partition coefficient (Wildman–Crippen LogP) is 0.685. The van der Waals surface area contributed by atoms with Gasteiger partial charge in [-0.05, 0) is 13.8 Å². The van der Waals surface area contributed by atoms with Crippen LogP contribution in [0.2, 0.25) is 0 Å². The number of carbonyl (C=O) groups excluding carboxylic acids is 1. The first-order chi connectivity index (χ1) is 8.26. The Bertz CT molecular complexity index is 514. The Morgan fingerprint density at radius 2 is 2.00 bits per heavy atom. The zero-order valence-corrected chi connectivity index (χ0v) is 11.9. The molecule has 0 aromatic carbocycles. The molecular formula is C11H18N2O4S. The van der Waals surface area contributed by atoms with Crippen molar-refractivity contribution >= 4 is 15.7 Å². The highest BCUT2D eigenvalue weighted by atomic mass is 32.2. The molecule has 0 aliphatic rings. The van der Waals surface area contributed by atoms with Crippen molar-refractivity contribution in [3.05, 3.63) is 17.0 Å². The average molecular weight is 274 g/mol. The highest BCUT2D eigenvalue weighted by Gasteiger charge is 2.20. The van der Waals surface area contributed by atoms with Crippen LogP contribution in [0.5, 0.6) is 0 Å². The standard InChI is InChI=1S/C11H18N2O4S/c1-5-18(15,16)7-11(14)13(4)6-10-8(2)12-17-9(10)3/h5-7H2,1-4H3. The van der Waals surface area contributed by atoms with E-state index in [0.29, 0.717) is 18.0 Å². The summed E-state index contributed by atoms with van der Waals surface area (Å²) < 4.78 is 27.7. The molecule has 1 aromatic heterocycles. The van der Waals surface area contributed by atoms with Gasteiger partial charge in [0, 0.05) is 18.4 Å². The van der Waals surface area contributed by atoms with Gasteiger partial charge < -0.3 is 9.42 Å². The van der Waals surface area contributed by atoms with E-state index >= 15 is 0 Å². The molecule has 18 heavy (non-hydrogen) atoms. The third kappa shape index (κ3) is 3.56. The number of nitrogens with zero attached hydrogens (tertiary/aromatic N) is 2. The van der Waals surface area contributed by atoms with Gasteiger partial charge in [0.15, 0.2) is 9.84 Å². The molecule has 0 spiro atoms. The normalized spacial score (nSPS) is 11.6. The second-order valence-electron chi connectivity index (χ2n) is 4.23. The minimum Gasteiger partial charge on any atom is -0.361 e. The summed E-state index contributed by atoms with van der Waals surface area (Å²) in [5.41, 5.74) is 1.53. The molecule has 1 aromatic rings.